The Bertz CT molecular complexity index is 1930. The van der Waals surface area contributed by atoms with Crippen LogP contribution in [0, 0.1) is 20.8 Å². The van der Waals surface area contributed by atoms with Crippen molar-refractivity contribution >= 4 is 22.6 Å². The number of hydrogen-bond donors (Lipinski definition) is 0. The summed E-state index contributed by atoms with van der Waals surface area (Å²) in [7, 11) is 0. The van der Waals surface area contributed by atoms with Crippen molar-refractivity contribution in [3.05, 3.63) is 130 Å². The van der Waals surface area contributed by atoms with Crippen molar-refractivity contribution in [3.63, 3.8) is 0 Å². The Morgan fingerprint density at radius 2 is 1.40 bits per heavy atom. The lowest BCUT2D eigenvalue weighted by atomic mass is 10.0. The van der Waals surface area contributed by atoms with Crippen LogP contribution in [0.5, 0.6) is 5.75 Å². The summed E-state index contributed by atoms with van der Waals surface area (Å²) in [6, 6.07) is 28.5. The number of aryl methyl sites for hydroxylation is 3. The minimum atomic E-state index is -4.66. The molecule has 43 heavy (non-hydrogen) atoms. The summed E-state index contributed by atoms with van der Waals surface area (Å²) in [5, 5.41) is 5.09. The minimum absolute atomic E-state index is 0.0742. The first-order chi connectivity index (χ1) is 20.6. The summed E-state index contributed by atoms with van der Waals surface area (Å²) in [4.78, 5) is 4.76. The smallest absolute Gasteiger partial charge is 0.417 e. The number of nitrogens with zero attached hydrogens (tertiary/aromatic N) is 3. The van der Waals surface area contributed by atoms with E-state index in [0.717, 1.165) is 28.3 Å². The third kappa shape index (κ3) is 5.86. The van der Waals surface area contributed by atoms with Crippen molar-refractivity contribution in [2.75, 3.05) is 0 Å². The fraction of sp³-hybridized carbons (Fsp3) is 0.143. The first-order valence-corrected chi connectivity index (χ1v) is 14.1. The van der Waals surface area contributed by atoms with Gasteiger partial charge in [0.25, 0.3) is 0 Å². The van der Waals surface area contributed by atoms with Crippen LogP contribution in [0.25, 0.3) is 39.2 Å². The molecule has 6 aromatic rings. The van der Waals surface area contributed by atoms with Crippen molar-refractivity contribution in [3.8, 4) is 34.0 Å². The topological polar surface area (TPSA) is 39.9 Å². The molecule has 0 saturated carbocycles. The number of aromatic nitrogens is 3. The molecule has 0 aliphatic carbocycles. The van der Waals surface area contributed by atoms with E-state index in [1.807, 2.05) is 57.2 Å². The molecule has 4 nitrogen and oxygen atoms in total. The number of rotatable bonds is 6. The lowest BCUT2D eigenvalue weighted by Crippen LogP contribution is -2.08. The normalized spacial score (nSPS) is 11.7. The fourth-order valence-corrected chi connectivity index (χ4v) is 5.04. The van der Waals surface area contributed by atoms with Gasteiger partial charge in [-0.05, 0) is 74.4 Å². The van der Waals surface area contributed by atoms with Gasteiger partial charge < -0.3 is 4.74 Å². The van der Waals surface area contributed by atoms with Crippen LogP contribution in [0.2, 0.25) is 5.02 Å². The summed E-state index contributed by atoms with van der Waals surface area (Å²) in [6.45, 7) is 6.17. The highest BCUT2D eigenvalue weighted by Crippen LogP contribution is 2.42. The van der Waals surface area contributed by atoms with E-state index in [1.54, 1.807) is 54.6 Å². The summed E-state index contributed by atoms with van der Waals surface area (Å²) in [5.74, 6) is 0.599. The highest BCUT2D eigenvalue weighted by Gasteiger charge is 2.36. The predicted molar refractivity (Wildman–Crippen MR) is 165 cm³/mol. The first kappa shape index (κ1) is 28.5. The Labute approximate surface area is 252 Å². The number of fused-ring (bicyclic) bond motifs is 1. The number of hydrogen-bond acceptors (Lipinski definition) is 3. The zero-order valence-electron chi connectivity index (χ0n) is 23.7. The van der Waals surface area contributed by atoms with Crippen molar-refractivity contribution in [1.82, 2.24) is 14.8 Å². The van der Waals surface area contributed by atoms with Gasteiger partial charge in [0, 0.05) is 16.1 Å². The van der Waals surface area contributed by atoms with Gasteiger partial charge in [-0.1, -0.05) is 77.3 Å². The molecule has 0 radical (unpaired) electrons. The third-order valence-electron chi connectivity index (χ3n) is 7.34. The Kier molecular flexibility index (Phi) is 7.44. The van der Waals surface area contributed by atoms with Crippen molar-refractivity contribution in [2.45, 2.75) is 33.6 Å². The molecule has 0 amide bonds. The third-order valence-corrected chi connectivity index (χ3v) is 7.75. The summed E-state index contributed by atoms with van der Waals surface area (Å²) in [6.07, 6.45) is -4.66. The molecular weight excluding hydrogens is 571 g/mol. The van der Waals surface area contributed by atoms with Crippen LogP contribution in [0.4, 0.5) is 13.2 Å². The molecule has 2 aromatic heterocycles. The van der Waals surface area contributed by atoms with Crippen LogP contribution in [0.1, 0.15) is 27.8 Å². The maximum atomic E-state index is 14.7. The van der Waals surface area contributed by atoms with Gasteiger partial charge in [-0.15, -0.1) is 0 Å². The number of halogens is 4. The van der Waals surface area contributed by atoms with Gasteiger partial charge in [0.1, 0.15) is 18.1 Å². The second kappa shape index (κ2) is 11.2. The standard InChI is InChI=1S/C35H27ClF3N3O/c1-21-4-9-24(10-5-21)20-43-28-16-13-25(14-17-28)31-19-29(35(37,38)39)32-33(26-11-6-22(2)7-12-26)41-42(34(32)40-31)27-15-8-23(3)30(36)18-27/h4-19H,20H2,1-3H3. The largest absolute Gasteiger partial charge is 0.489 e. The molecule has 0 N–H and O–H groups in total. The van der Waals surface area contributed by atoms with Gasteiger partial charge in [0.2, 0.25) is 0 Å². The van der Waals surface area contributed by atoms with Crippen LogP contribution in [0.15, 0.2) is 97.1 Å². The number of pyridine rings is 1. The van der Waals surface area contributed by atoms with Crippen LogP contribution >= 0.6 is 11.6 Å². The van der Waals surface area contributed by atoms with Gasteiger partial charge >= 0.3 is 6.18 Å². The van der Waals surface area contributed by atoms with Gasteiger partial charge in [0.05, 0.1) is 22.3 Å². The molecule has 0 aliphatic heterocycles. The predicted octanol–water partition coefficient (Wildman–Crippen LogP) is 9.93. The molecule has 0 spiro atoms. The highest BCUT2D eigenvalue weighted by molar-refractivity contribution is 6.31. The molecule has 6 rings (SSSR count). The molecular formula is C35H27ClF3N3O. The number of ether oxygens (including phenoxy) is 1. The van der Waals surface area contributed by atoms with Gasteiger partial charge in [-0.25, -0.2) is 9.67 Å². The monoisotopic (exact) mass is 597 g/mol. The van der Waals surface area contributed by atoms with E-state index in [-0.39, 0.29) is 22.4 Å². The molecule has 4 aromatic carbocycles. The minimum Gasteiger partial charge on any atom is -0.489 e. The Morgan fingerprint density at radius 1 is 0.767 bits per heavy atom. The van der Waals surface area contributed by atoms with E-state index in [2.05, 4.69) is 5.10 Å². The Morgan fingerprint density at radius 3 is 2.02 bits per heavy atom. The lowest BCUT2D eigenvalue weighted by Gasteiger charge is -2.13. The Hall–Kier alpha value is -4.62. The quantitative estimate of drug-likeness (QED) is 0.192. The van der Waals surface area contributed by atoms with E-state index in [0.29, 0.717) is 34.2 Å². The SMILES string of the molecule is Cc1ccc(COc2ccc(-c3cc(C(F)(F)F)c4c(-c5ccc(C)cc5)nn(-c5ccc(C)c(Cl)c5)c4n3)cc2)cc1. The first-order valence-electron chi connectivity index (χ1n) is 13.7. The molecule has 0 fully saturated rings. The zero-order chi connectivity index (χ0) is 30.3. The maximum Gasteiger partial charge on any atom is 0.417 e. The van der Waals surface area contributed by atoms with E-state index in [1.165, 1.54) is 4.68 Å². The van der Waals surface area contributed by atoms with Crippen LogP contribution in [0.3, 0.4) is 0 Å². The van der Waals surface area contributed by atoms with Gasteiger partial charge in [0.15, 0.2) is 5.65 Å². The average Bonchev–Trinajstić information content (AvgIpc) is 3.37. The maximum absolute atomic E-state index is 14.7. The van der Waals surface area contributed by atoms with Crippen LogP contribution in [-0.4, -0.2) is 14.8 Å². The summed E-state index contributed by atoms with van der Waals surface area (Å²) < 4.78 is 51.6. The lowest BCUT2D eigenvalue weighted by molar-refractivity contribution is -0.136. The zero-order valence-corrected chi connectivity index (χ0v) is 24.5. The highest BCUT2D eigenvalue weighted by atomic mass is 35.5. The molecule has 0 bridgehead atoms. The molecule has 0 saturated heterocycles. The van der Waals surface area contributed by atoms with Crippen molar-refractivity contribution in [1.29, 1.82) is 0 Å². The average molecular weight is 598 g/mol. The Balaban J connectivity index is 1.48. The van der Waals surface area contributed by atoms with Gasteiger partial charge in [-0.3, -0.25) is 0 Å². The van der Waals surface area contributed by atoms with Crippen LogP contribution in [-0.2, 0) is 12.8 Å². The molecule has 8 heteroatoms. The van der Waals surface area contributed by atoms with E-state index in [9.17, 15) is 13.2 Å². The van der Waals surface area contributed by atoms with E-state index < -0.39 is 11.7 Å². The second-order valence-corrected chi connectivity index (χ2v) is 11.0. The van der Waals surface area contributed by atoms with E-state index in [4.69, 9.17) is 21.3 Å². The molecule has 0 unspecified atom stereocenters. The summed E-state index contributed by atoms with van der Waals surface area (Å²) in [5.41, 5.74) is 5.22. The molecule has 2 heterocycles. The number of alkyl halides is 3. The van der Waals surface area contributed by atoms with Crippen LogP contribution < -0.4 is 4.74 Å². The molecule has 0 aliphatic rings. The van der Waals surface area contributed by atoms with Crippen molar-refractivity contribution < 1.29 is 17.9 Å². The van der Waals surface area contributed by atoms with Gasteiger partial charge in [-0.2, -0.15) is 18.3 Å². The fourth-order valence-electron chi connectivity index (χ4n) is 4.87. The molecule has 216 valence electrons. The molecule has 0 atom stereocenters. The summed E-state index contributed by atoms with van der Waals surface area (Å²) >= 11 is 6.42. The van der Waals surface area contributed by atoms with E-state index >= 15 is 0 Å². The second-order valence-electron chi connectivity index (χ2n) is 10.6. The number of benzene rings is 4. The van der Waals surface area contributed by atoms with Crippen molar-refractivity contribution in [2.24, 2.45) is 0 Å².